The van der Waals surface area contributed by atoms with Crippen LogP contribution in [0, 0.1) is 13.8 Å². The standard InChI is InChI=1S/2C12H15N3O.4C11H13N3O/c1-9-5-6-11-12(8-9)15(14-13-11)7-3-4-10(2)16;1-9-5-6-11-12(8-9)14-15(13-11)7-3-4-10(2)16;2*1-9(15)5-4-8-14-11-7-3-2-6-10(11)12-13-14;2*1-9(15)5-4-8-14-12-10-6-2-3-7-11(10)13-14/h2*5-6,8H,3-4,7H2,1-2H3;4*2-3,6-7H,4-5,8H2,1H3. The summed E-state index contributed by atoms with van der Waals surface area (Å²) in [7, 11) is 0. The van der Waals surface area contributed by atoms with Gasteiger partial charge in [0, 0.05) is 58.2 Å². The minimum atomic E-state index is 0.215. The first-order valence-electron chi connectivity index (χ1n) is 31.1. The van der Waals surface area contributed by atoms with Crippen LogP contribution in [0.3, 0.4) is 0 Å². The van der Waals surface area contributed by atoms with E-state index in [1.54, 1.807) is 55.9 Å². The second-order valence-electron chi connectivity index (χ2n) is 22.6. The van der Waals surface area contributed by atoms with Gasteiger partial charge in [0.25, 0.3) is 0 Å². The number of rotatable bonds is 24. The minimum absolute atomic E-state index is 0.215. The molecule has 0 fully saturated rings. The summed E-state index contributed by atoms with van der Waals surface area (Å²) in [5.74, 6) is 1.31. The number of carbonyl (C=O) groups excluding carboxylic acids is 6. The van der Waals surface area contributed by atoms with E-state index in [9.17, 15) is 28.8 Å². The highest BCUT2D eigenvalue weighted by Gasteiger charge is 2.09. The Bertz CT molecular complexity index is 4090. The van der Waals surface area contributed by atoms with Crippen molar-refractivity contribution in [1.29, 1.82) is 0 Å². The van der Waals surface area contributed by atoms with Gasteiger partial charge in [-0.2, -0.15) is 45.0 Å². The second kappa shape index (κ2) is 35.8. The molecule has 0 amide bonds. The highest BCUT2D eigenvalue weighted by molar-refractivity contribution is 5.80. The maximum absolute atomic E-state index is 10.8. The van der Waals surface area contributed by atoms with Gasteiger partial charge in [0.15, 0.2) is 0 Å². The van der Waals surface area contributed by atoms with Crippen LogP contribution >= 0.6 is 0 Å². The summed E-state index contributed by atoms with van der Waals surface area (Å²) in [4.78, 5) is 69.7. The number of carbonyl (C=O) groups is 6. The van der Waals surface area contributed by atoms with E-state index in [1.165, 1.54) is 11.1 Å². The lowest BCUT2D eigenvalue weighted by Crippen LogP contribution is -2.03. The first kappa shape index (κ1) is 69.2. The number of nitrogens with zero attached hydrogens (tertiary/aromatic N) is 18. The zero-order valence-corrected chi connectivity index (χ0v) is 53.9. The van der Waals surface area contributed by atoms with Gasteiger partial charge in [-0.3, -0.25) is 0 Å². The smallest absolute Gasteiger partial charge is 0.129 e. The zero-order chi connectivity index (χ0) is 65.8. The number of aryl methyl sites for hydroxylation is 8. The Labute approximate surface area is 533 Å². The molecule has 24 heteroatoms. The third kappa shape index (κ3) is 23.0. The van der Waals surface area contributed by atoms with Gasteiger partial charge in [0.05, 0.1) is 36.2 Å². The molecule has 0 atom stereocenters. The van der Waals surface area contributed by atoms with Gasteiger partial charge in [-0.25, -0.2) is 14.0 Å². The number of aromatic nitrogens is 18. The van der Waals surface area contributed by atoms with Crippen molar-refractivity contribution in [3.8, 4) is 0 Å². The van der Waals surface area contributed by atoms with E-state index in [0.717, 1.165) is 124 Å². The van der Waals surface area contributed by atoms with Crippen LogP contribution in [-0.4, -0.2) is 125 Å². The van der Waals surface area contributed by atoms with Crippen LogP contribution in [0.5, 0.6) is 0 Å². The van der Waals surface area contributed by atoms with Crippen LogP contribution in [0.4, 0.5) is 0 Å². The number of ketones is 6. The summed E-state index contributed by atoms with van der Waals surface area (Å²) in [6, 6.07) is 43.2. The van der Waals surface area contributed by atoms with Crippen LogP contribution < -0.4 is 0 Å². The van der Waals surface area contributed by atoms with Crippen LogP contribution in [0.1, 0.15) is 130 Å². The third-order valence-electron chi connectivity index (χ3n) is 14.1. The van der Waals surface area contributed by atoms with Crippen molar-refractivity contribution in [2.24, 2.45) is 0 Å². The molecular formula is C68H82N18O6. The Balaban J connectivity index is 0.000000157. The second-order valence-corrected chi connectivity index (χ2v) is 22.6. The highest BCUT2D eigenvalue weighted by Crippen LogP contribution is 2.16. The molecule has 92 heavy (non-hydrogen) atoms. The van der Waals surface area contributed by atoms with Gasteiger partial charge < -0.3 is 28.8 Å². The Hall–Kier alpha value is -10.3. The fourth-order valence-electron chi connectivity index (χ4n) is 9.42. The molecule has 12 aromatic rings. The fourth-order valence-corrected chi connectivity index (χ4v) is 9.42. The summed E-state index contributed by atoms with van der Waals surface area (Å²) >= 11 is 0. The van der Waals surface area contributed by atoms with E-state index >= 15 is 0 Å². The van der Waals surface area contributed by atoms with Crippen molar-refractivity contribution in [2.75, 3.05) is 0 Å². The zero-order valence-electron chi connectivity index (χ0n) is 53.9. The molecule has 6 aromatic heterocycles. The molecule has 0 aliphatic carbocycles. The molecule has 0 unspecified atom stereocenters. The van der Waals surface area contributed by atoms with Crippen molar-refractivity contribution in [3.63, 3.8) is 0 Å². The predicted octanol–water partition coefficient (Wildman–Crippen LogP) is 11.4. The SMILES string of the molecule is CC(=O)CCCn1nc2ccc(C)cc2n1.CC(=O)CCCn1nc2ccccc2n1.CC(=O)CCCn1nc2ccccc2n1.CC(=O)CCCn1nnc2ccc(C)cc21.CC(=O)CCCn1nnc2ccccc21.CC(=O)CCCn1nnc2ccccc21. The van der Waals surface area contributed by atoms with E-state index in [4.69, 9.17) is 0 Å². The van der Waals surface area contributed by atoms with Gasteiger partial charge >= 0.3 is 0 Å². The fraction of sp³-hybridized carbons (Fsp3) is 0.382. The Morgan fingerprint density at radius 3 is 0.870 bits per heavy atom. The third-order valence-corrected chi connectivity index (χ3v) is 14.1. The number of para-hydroxylation sites is 2. The van der Waals surface area contributed by atoms with E-state index in [-0.39, 0.29) is 34.7 Å². The molecule has 0 saturated carbocycles. The van der Waals surface area contributed by atoms with Crippen molar-refractivity contribution in [3.05, 3.63) is 145 Å². The van der Waals surface area contributed by atoms with E-state index < -0.39 is 0 Å². The van der Waals surface area contributed by atoms with E-state index in [0.29, 0.717) is 58.2 Å². The summed E-state index contributed by atoms with van der Waals surface area (Å²) in [5, 5.41) is 50.3. The number of Topliss-reactive ketones (excluding diaryl/α,β-unsaturated/α-hetero) is 6. The first-order chi connectivity index (χ1) is 44.4. The Morgan fingerprint density at radius 1 is 0.283 bits per heavy atom. The summed E-state index contributed by atoms with van der Waals surface area (Å²) < 4.78 is 5.56. The monoisotopic (exact) mass is 1250 g/mol. The van der Waals surface area contributed by atoms with E-state index in [1.807, 2.05) is 155 Å². The molecule has 480 valence electrons. The lowest BCUT2D eigenvalue weighted by molar-refractivity contribution is -0.118. The number of benzene rings is 6. The predicted molar refractivity (Wildman–Crippen MR) is 354 cm³/mol. The van der Waals surface area contributed by atoms with Crippen LogP contribution in [0.15, 0.2) is 133 Å². The quantitative estimate of drug-likeness (QED) is 0.0543. The van der Waals surface area contributed by atoms with Gasteiger partial charge in [-0.1, -0.05) is 76.3 Å². The number of fused-ring (bicyclic) bond motifs is 6. The Morgan fingerprint density at radius 2 is 0.533 bits per heavy atom. The maximum atomic E-state index is 10.8. The van der Waals surface area contributed by atoms with Gasteiger partial charge in [0.1, 0.15) is 84.3 Å². The molecule has 0 radical (unpaired) electrons. The molecule has 0 saturated heterocycles. The first-order valence-corrected chi connectivity index (χ1v) is 31.1. The molecular weight excluding hydrogens is 1160 g/mol. The van der Waals surface area contributed by atoms with Gasteiger partial charge in [-0.15, -0.1) is 15.3 Å². The number of hydrogen-bond donors (Lipinski definition) is 0. The van der Waals surface area contributed by atoms with Crippen molar-refractivity contribution < 1.29 is 28.8 Å². The molecule has 0 aliphatic heterocycles. The average Bonchev–Trinajstić information content (AvgIpc) is 2.27. The van der Waals surface area contributed by atoms with Crippen molar-refractivity contribution in [1.82, 2.24) is 90.0 Å². The molecule has 6 heterocycles. The lowest BCUT2D eigenvalue weighted by Gasteiger charge is -2.01. The van der Waals surface area contributed by atoms with Crippen molar-refractivity contribution in [2.45, 2.75) is 172 Å². The van der Waals surface area contributed by atoms with Gasteiger partial charge in [0.2, 0.25) is 0 Å². The van der Waals surface area contributed by atoms with Crippen LogP contribution in [0.25, 0.3) is 66.2 Å². The molecule has 6 aromatic carbocycles. The van der Waals surface area contributed by atoms with Crippen molar-refractivity contribution >= 4 is 101 Å². The lowest BCUT2D eigenvalue weighted by atomic mass is 10.2. The van der Waals surface area contributed by atoms with Crippen LogP contribution in [0.2, 0.25) is 0 Å². The molecule has 12 rings (SSSR count). The van der Waals surface area contributed by atoms with Crippen LogP contribution in [-0.2, 0) is 68.0 Å². The van der Waals surface area contributed by atoms with E-state index in [2.05, 4.69) is 67.6 Å². The minimum Gasteiger partial charge on any atom is -0.300 e. The summed E-state index contributed by atoms with van der Waals surface area (Å²) in [6.45, 7) is 18.1. The molecule has 24 nitrogen and oxygen atoms in total. The summed E-state index contributed by atoms with van der Waals surface area (Å²) in [5.41, 5.74) is 13.6. The molecule has 0 bridgehead atoms. The Kier molecular flexibility index (Phi) is 26.9. The molecule has 0 aliphatic rings. The largest absolute Gasteiger partial charge is 0.300 e. The summed E-state index contributed by atoms with van der Waals surface area (Å²) in [6.07, 6.45) is 8.47. The topological polar surface area (TPSA) is 287 Å². The normalized spacial score (nSPS) is 10.8. The maximum Gasteiger partial charge on any atom is 0.129 e. The molecule has 0 N–H and O–H groups in total. The number of hydrogen-bond acceptors (Lipinski definition) is 18. The highest BCUT2D eigenvalue weighted by atomic mass is 16.1. The van der Waals surface area contributed by atoms with Gasteiger partial charge in [-0.05, 0) is 178 Å². The molecule has 0 spiro atoms. The average molecular weight is 1250 g/mol.